The maximum atomic E-state index is 12.3. The minimum Gasteiger partial charge on any atom is -0.383 e. The van der Waals surface area contributed by atoms with Gasteiger partial charge in [-0.3, -0.25) is 0 Å². The molecule has 0 aliphatic carbocycles. The van der Waals surface area contributed by atoms with Gasteiger partial charge in [0.15, 0.2) is 0 Å². The summed E-state index contributed by atoms with van der Waals surface area (Å²) in [6.45, 7) is 2.70. The lowest BCUT2D eigenvalue weighted by molar-refractivity contribution is 0.234. The molecule has 1 atom stereocenters. The van der Waals surface area contributed by atoms with Gasteiger partial charge < -0.3 is 10.2 Å². The molecule has 0 aliphatic heterocycles. The van der Waals surface area contributed by atoms with Crippen LogP contribution in [-0.4, -0.2) is 45.8 Å². The van der Waals surface area contributed by atoms with E-state index in [4.69, 9.17) is 0 Å². The van der Waals surface area contributed by atoms with Crippen LogP contribution in [0.4, 0.5) is 14.5 Å². The molecule has 1 aromatic rings. The monoisotopic (exact) mass is 292 g/mol. The topological polar surface area (TPSA) is 49.4 Å². The Balaban J connectivity index is 2.73. The fraction of sp³-hybridized carbons (Fsp3) is 0.500. The Hall–Kier alpha value is -1.21. The smallest absolute Gasteiger partial charge is 0.341 e. The lowest BCUT2D eigenvalue weighted by Gasteiger charge is -2.20. The summed E-state index contributed by atoms with van der Waals surface area (Å²) in [5.74, 6) is -3.39. The summed E-state index contributed by atoms with van der Waals surface area (Å²) in [5, 5.41) is 3.11. The number of anilines is 1. The van der Waals surface area contributed by atoms with Crippen LogP contribution in [0.25, 0.3) is 0 Å². The molecule has 0 radical (unpaired) electrons. The summed E-state index contributed by atoms with van der Waals surface area (Å²) >= 11 is 0. The van der Waals surface area contributed by atoms with Crippen LogP contribution in [0.3, 0.4) is 0 Å². The van der Waals surface area contributed by atoms with Crippen molar-refractivity contribution in [1.29, 1.82) is 0 Å². The second-order valence-corrected chi connectivity index (χ2v) is 6.44. The molecular formula is C12H18F2N2O2S. The highest BCUT2D eigenvalue weighted by Crippen LogP contribution is 2.20. The van der Waals surface area contributed by atoms with Crippen molar-refractivity contribution in [2.75, 3.05) is 26.0 Å². The van der Waals surface area contributed by atoms with Crippen LogP contribution in [-0.2, 0) is 9.84 Å². The zero-order valence-corrected chi connectivity index (χ0v) is 11.9. The van der Waals surface area contributed by atoms with Gasteiger partial charge in [-0.2, -0.15) is 8.78 Å². The van der Waals surface area contributed by atoms with E-state index in [0.29, 0.717) is 18.3 Å². The Kier molecular flexibility index (Phi) is 5.25. The highest BCUT2D eigenvalue weighted by atomic mass is 32.2. The first-order valence-corrected chi connectivity index (χ1v) is 7.32. The van der Waals surface area contributed by atoms with Crippen molar-refractivity contribution in [3.05, 3.63) is 24.3 Å². The Morgan fingerprint density at radius 2 is 1.74 bits per heavy atom. The number of hydrogen-bond donors (Lipinski definition) is 1. The number of rotatable bonds is 6. The fourth-order valence-electron chi connectivity index (χ4n) is 1.31. The molecule has 4 nitrogen and oxygen atoms in total. The third-order valence-electron chi connectivity index (χ3n) is 2.90. The predicted molar refractivity (Wildman–Crippen MR) is 71.3 cm³/mol. The van der Waals surface area contributed by atoms with Gasteiger partial charge in [-0.1, -0.05) is 0 Å². The van der Waals surface area contributed by atoms with Crippen LogP contribution in [0.5, 0.6) is 0 Å². The molecule has 1 N–H and O–H groups in total. The number of hydrogen-bond acceptors (Lipinski definition) is 4. The van der Waals surface area contributed by atoms with Crippen LogP contribution >= 0.6 is 0 Å². The minimum absolute atomic E-state index is 0.296. The van der Waals surface area contributed by atoms with E-state index in [1.807, 2.05) is 25.9 Å². The quantitative estimate of drug-likeness (QED) is 0.872. The zero-order valence-electron chi connectivity index (χ0n) is 11.1. The summed E-state index contributed by atoms with van der Waals surface area (Å²) in [4.78, 5) is 1.66. The van der Waals surface area contributed by atoms with E-state index in [1.54, 1.807) is 0 Å². The normalized spacial score (nSPS) is 13.8. The van der Waals surface area contributed by atoms with Crippen LogP contribution in [0.1, 0.15) is 6.92 Å². The lowest BCUT2D eigenvalue weighted by atomic mass is 10.3. The van der Waals surface area contributed by atoms with Crippen molar-refractivity contribution in [2.24, 2.45) is 0 Å². The molecule has 0 fully saturated rings. The van der Waals surface area contributed by atoms with Gasteiger partial charge >= 0.3 is 5.76 Å². The number of nitrogens with zero attached hydrogens (tertiary/aromatic N) is 1. The molecule has 0 aliphatic rings. The first-order chi connectivity index (χ1) is 8.75. The number of likely N-dealkylation sites (N-methyl/N-ethyl adjacent to an activating group) is 1. The maximum absolute atomic E-state index is 12.3. The lowest BCUT2D eigenvalue weighted by Crippen LogP contribution is -2.31. The SMILES string of the molecule is CC(CNc1ccc(S(=O)(=O)C(F)F)cc1)N(C)C. The van der Waals surface area contributed by atoms with Crippen molar-refractivity contribution in [3.63, 3.8) is 0 Å². The second-order valence-electron chi connectivity index (χ2n) is 4.52. The Morgan fingerprint density at radius 1 is 1.21 bits per heavy atom. The third kappa shape index (κ3) is 4.14. The Labute approximate surface area is 112 Å². The largest absolute Gasteiger partial charge is 0.383 e. The maximum Gasteiger partial charge on any atom is 0.341 e. The Morgan fingerprint density at radius 3 is 2.16 bits per heavy atom. The van der Waals surface area contributed by atoms with Crippen LogP contribution in [0.15, 0.2) is 29.2 Å². The average molecular weight is 292 g/mol. The molecule has 1 aromatic carbocycles. The van der Waals surface area contributed by atoms with Gasteiger partial charge in [-0.15, -0.1) is 0 Å². The van der Waals surface area contributed by atoms with Gasteiger partial charge in [0.2, 0.25) is 9.84 Å². The molecule has 0 saturated carbocycles. The molecule has 1 rings (SSSR count). The molecule has 1 unspecified atom stereocenters. The van der Waals surface area contributed by atoms with E-state index >= 15 is 0 Å². The number of nitrogens with one attached hydrogen (secondary N) is 1. The van der Waals surface area contributed by atoms with Crippen molar-refractivity contribution in [1.82, 2.24) is 4.90 Å². The van der Waals surface area contributed by atoms with E-state index in [-0.39, 0.29) is 4.90 Å². The van der Waals surface area contributed by atoms with Crippen molar-refractivity contribution >= 4 is 15.5 Å². The third-order valence-corrected chi connectivity index (χ3v) is 4.30. The van der Waals surface area contributed by atoms with E-state index in [9.17, 15) is 17.2 Å². The van der Waals surface area contributed by atoms with Crippen LogP contribution in [0.2, 0.25) is 0 Å². The van der Waals surface area contributed by atoms with Gasteiger partial charge in [-0.25, -0.2) is 8.42 Å². The first-order valence-electron chi connectivity index (χ1n) is 5.77. The molecule has 0 bridgehead atoms. The predicted octanol–water partition coefficient (Wildman–Crippen LogP) is 2.04. The van der Waals surface area contributed by atoms with Crippen LogP contribution < -0.4 is 5.32 Å². The standard InChI is InChI=1S/C12H18F2N2O2S/c1-9(16(2)3)8-15-10-4-6-11(7-5-10)19(17,18)12(13)14/h4-7,9,12,15H,8H2,1-3H3. The molecule has 0 aromatic heterocycles. The number of benzene rings is 1. The molecular weight excluding hydrogens is 274 g/mol. The van der Waals surface area contributed by atoms with E-state index in [1.165, 1.54) is 24.3 Å². The van der Waals surface area contributed by atoms with Crippen molar-refractivity contribution in [2.45, 2.75) is 23.6 Å². The minimum atomic E-state index is -4.51. The molecule has 0 saturated heterocycles. The van der Waals surface area contributed by atoms with E-state index in [0.717, 1.165) is 0 Å². The summed E-state index contributed by atoms with van der Waals surface area (Å²) < 4.78 is 47.1. The summed E-state index contributed by atoms with van der Waals surface area (Å²) in [7, 11) is -0.610. The zero-order chi connectivity index (χ0) is 14.6. The number of halogens is 2. The first kappa shape index (κ1) is 15.8. The molecule has 0 amide bonds. The van der Waals surface area contributed by atoms with Gasteiger partial charge in [0.25, 0.3) is 0 Å². The van der Waals surface area contributed by atoms with Crippen LogP contribution in [0, 0.1) is 0 Å². The highest BCUT2D eigenvalue weighted by molar-refractivity contribution is 7.91. The summed E-state index contributed by atoms with van der Waals surface area (Å²) in [6.07, 6.45) is 0. The second kappa shape index (κ2) is 6.29. The number of sulfone groups is 1. The van der Waals surface area contributed by atoms with Gasteiger partial charge in [0, 0.05) is 18.3 Å². The summed E-state index contributed by atoms with van der Waals surface area (Å²) in [6, 6.07) is 5.63. The fourth-order valence-corrected chi connectivity index (χ4v) is 2.03. The van der Waals surface area contributed by atoms with E-state index in [2.05, 4.69) is 5.32 Å². The molecule has 7 heteroatoms. The summed E-state index contributed by atoms with van der Waals surface area (Å²) in [5.41, 5.74) is 0.696. The van der Waals surface area contributed by atoms with Crippen molar-refractivity contribution < 1.29 is 17.2 Å². The Bertz CT molecular complexity index is 501. The molecule has 108 valence electrons. The van der Waals surface area contributed by atoms with Crippen molar-refractivity contribution in [3.8, 4) is 0 Å². The molecule has 0 heterocycles. The van der Waals surface area contributed by atoms with Gasteiger partial charge in [0.1, 0.15) is 0 Å². The number of alkyl halides is 2. The van der Waals surface area contributed by atoms with Gasteiger partial charge in [0.05, 0.1) is 4.90 Å². The molecule has 0 spiro atoms. The van der Waals surface area contributed by atoms with E-state index < -0.39 is 15.6 Å². The molecule has 19 heavy (non-hydrogen) atoms. The van der Waals surface area contributed by atoms with Gasteiger partial charge in [-0.05, 0) is 45.3 Å². The average Bonchev–Trinajstić information content (AvgIpc) is 2.36. The highest BCUT2D eigenvalue weighted by Gasteiger charge is 2.26.